The van der Waals surface area contributed by atoms with Crippen molar-refractivity contribution in [2.24, 2.45) is 0 Å². The van der Waals surface area contributed by atoms with Crippen LogP contribution in [0.2, 0.25) is 0 Å². The molecule has 3 rings (SSSR count). The van der Waals surface area contributed by atoms with Gasteiger partial charge in [0.05, 0.1) is 18.2 Å². The van der Waals surface area contributed by atoms with E-state index in [4.69, 9.17) is 9.47 Å². The van der Waals surface area contributed by atoms with Gasteiger partial charge in [-0.2, -0.15) is 0 Å². The average Bonchev–Trinajstić information content (AvgIpc) is 2.96. The van der Waals surface area contributed by atoms with Crippen molar-refractivity contribution in [2.75, 3.05) is 31.6 Å². The third-order valence-corrected chi connectivity index (χ3v) is 5.62. The number of rotatable bonds is 2. The van der Waals surface area contributed by atoms with Gasteiger partial charge < -0.3 is 14.4 Å². The molecular weight excluding hydrogens is 314 g/mol. The van der Waals surface area contributed by atoms with E-state index in [-0.39, 0.29) is 17.7 Å². The fourth-order valence-corrected chi connectivity index (χ4v) is 3.99. The molecule has 0 aliphatic carbocycles. The van der Waals surface area contributed by atoms with Crippen molar-refractivity contribution in [1.29, 1.82) is 0 Å². The molecule has 1 atom stereocenters. The zero-order valence-electron chi connectivity index (χ0n) is 14.0. The number of aromatic nitrogens is 1. The minimum Gasteiger partial charge on any atom is -0.381 e. The van der Waals surface area contributed by atoms with Crippen molar-refractivity contribution >= 4 is 22.5 Å². The van der Waals surface area contributed by atoms with Crippen LogP contribution in [0.4, 0.5) is 9.93 Å². The standard InChI is InChI=1S/C16H25N3O3S/c1-11(2)13-8-17-14(23-13)18-15(20)19-9-12(3)22-16(10-19)4-6-21-7-5-16/h8,11-12H,4-7,9-10H2,1-3H3,(H,17,18,20). The maximum absolute atomic E-state index is 12.6. The van der Waals surface area contributed by atoms with Crippen LogP contribution in [0.1, 0.15) is 44.4 Å². The SMILES string of the molecule is CC1CN(C(=O)Nc2ncc(C(C)C)s2)CC2(CCOCC2)O1. The van der Waals surface area contributed by atoms with Crippen molar-refractivity contribution in [1.82, 2.24) is 9.88 Å². The summed E-state index contributed by atoms with van der Waals surface area (Å²) in [5, 5.41) is 3.60. The molecule has 128 valence electrons. The molecule has 1 N–H and O–H groups in total. The molecule has 2 aliphatic rings. The van der Waals surface area contributed by atoms with Crippen LogP contribution in [0.25, 0.3) is 0 Å². The van der Waals surface area contributed by atoms with Gasteiger partial charge >= 0.3 is 6.03 Å². The number of morpholine rings is 1. The maximum Gasteiger partial charge on any atom is 0.323 e. The Balaban J connectivity index is 1.65. The van der Waals surface area contributed by atoms with Crippen LogP contribution in [0.3, 0.4) is 0 Å². The Morgan fingerprint density at radius 1 is 1.48 bits per heavy atom. The summed E-state index contributed by atoms with van der Waals surface area (Å²) in [7, 11) is 0. The molecule has 2 amide bonds. The fraction of sp³-hybridized carbons (Fsp3) is 0.750. The third-order valence-electron chi connectivity index (χ3n) is 4.41. The van der Waals surface area contributed by atoms with E-state index in [1.165, 1.54) is 4.88 Å². The van der Waals surface area contributed by atoms with Crippen LogP contribution < -0.4 is 5.32 Å². The molecule has 2 fully saturated rings. The van der Waals surface area contributed by atoms with Gasteiger partial charge in [0.2, 0.25) is 0 Å². The van der Waals surface area contributed by atoms with Gasteiger partial charge in [-0.25, -0.2) is 9.78 Å². The van der Waals surface area contributed by atoms with Gasteiger partial charge in [-0.3, -0.25) is 5.32 Å². The first kappa shape index (κ1) is 16.7. The number of thiazole rings is 1. The number of urea groups is 1. The van der Waals surface area contributed by atoms with Crippen LogP contribution >= 0.6 is 11.3 Å². The van der Waals surface area contributed by atoms with E-state index in [1.807, 2.05) is 18.0 Å². The van der Waals surface area contributed by atoms with Gasteiger partial charge in [0.1, 0.15) is 0 Å². The highest BCUT2D eigenvalue weighted by Gasteiger charge is 2.42. The Morgan fingerprint density at radius 3 is 2.87 bits per heavy atom. The minimum atomic E-state index is -0.251. The molecule has 0 aromatic carbocycles. The summed E-state index contributed by atoms with van der Waals surface area (Å²) in [5.74, 6) is 0.423. The number of hydrogen-bond acceptors (Lipinski definition) is 5. The van der Waals surface area contributed by atoms with E-state index in [2.05, 4.69) is 24.1 Å². The molecule has 1 aromatic heterocycles. The molecule has 1 aromatic rings. The summed E-state index contributed by atoms with van der Waals surface area (Å²) in [4.78, 5) is 20.0. The Labute approximate surface area is 141 Å². The number of carbonyl (C=O) groups excluding carboxylic acids is 1. The highest BCUT2D eigenvalue weighted by Crippen LogP contribution is 2.32. The lowest BCUT2D eigenvalue weighted by Gasteiger charge is -2.47. The summed E-state index contributed by atoms with van der Waals surface area (Å²) in [6.07, 6.45) is 3.56. The quantitative estimate of drug-likeness (QED) is 0.899. The van der Waals surface area contributed by atoms with E-state index in [1.54, 1.807) is 11.3 Å². The Morgan fingerprint density at radius 2 is 2.22 bits per heavy atom. The lowest BCUT2D eigenvalue weighted by molar-refractivity contribution is -0.174. The van der Waals surface area contributed by atoms with Crippen molar-refractivity contribution in [3.05, 3.63) is 11.1 Å². The molecular formula is C16H25N3O3S. The number of ether oxygens (including phenoxy) is 2. The summed E-state index contributed by atoms with van der Waals surface area (Å²) < 4.78 is 11.6. The first-order chi connectivity index (χ1) is 11.0. The Hall–Kier alpha value is -1.18. The zero-order chi connectivity index (χ0) is 16.4. The second kappa shape index (κ2) is 6.75. The highest BCUT2D eigenvalue weighted by atomic mass is 32.1. The molecule has 2 aliphatic heterocycles. The van der Waals surface area contributed by atoms with Gasteiger partial charge in [-0.15, -0.1) is 11.3 Å². The summed E-state index contributed by atoms with van der Waals surface area (Å²) in [6.45, 7) is 8.90. The summed E-state index contributed by atoms with van der Waals surface area (Å²) >= 11 is 1.54. The first-order valence-corrected chi connectivity index (χ1v) is 9.06. The monoisotopic (exact) mass is 339 g/mol. The van der Waals surface area contributed by atoms with E-state index < -0.39 is 0 Å². The van der Waals surface area contributed by atoms with Crippen molar-refractivity contribution in [3.63, 3.8) is 0 Å². The fourth-order valence-electron chi connectivity index (χ4n) is 3.18. The molecule has 6 nitrogen and oxygen atoms in total. The molecule has 2 saturated heterocycles. The topological polar surface area (TPSA) is 63.7 Å². The molecule has 3 heterocycles. The first-order valence-electron chi connectivity index (χ1n) is 8.25. The predicted octanol–water partition coefficient (Wildman–Crippen LogP) is 3.07. The average molecular weight is 339 g/mol. The van der Waals surface area contributed by atoms with Crippen molar-refractivity contribution in [2.45, 2.75) is 51.2 Å². The molecule has 0 saturated carbocycles. The van der Waals surface area contributed by atoms with Gasteiger partial charge in [-0.05, 0) is 12.8 Å². The van der Waals surface area contributed by atoms with E-state index >= 15 is 0 Å². The van der Waals surface area contributed by atoms with Crippen LogP contribution in [0, 0.1) is 0 Å². The number of hydrogen-bond donors (Lipinski definition) is 1. The van der Waals surface area contributed by atoms with Gasteiger partial charge in [0.15, 0.2) is 5.13 Å². The van der Waals surface area contributed by atoms with Crippen LogP contribution in [0.5, 0.6) is 0 Å². The number of nitrogens with one attached hydrogen (secondary N) is 1. The highest BCUT2D eigenvalue weighted by molar-refractivity contribution is 7.15. The lowest BCUT2D eigenvalue weighted by atomic mass is 9.91. The van der Waals surface area contributed by atoms with Crippen LogP contribution in [-0.4, -0.2) is 53.9 Å². The van der Waals surface area contributed by atoms with E-state index in [9.17, 15) is 4.79 Å². The maximum atomic E-state index is 12.6. The number of nitrogens with zero attached hydrogens (tertiary/aromatic N) is 2. The second-order valence-electron chi connectivity index (χ2n) is 6.76. The van der Waals surface area contributed by atoms with Crippen molar-refractivity contribution in [3.8, 4) is 0 Å². The predicted molar refractivity (Wildman–Crippen MR) is 90.1 cm³/mol. The smallest absolute Gasteiger partial charge is 0.323 e. The van der Waals surface area contributed by atoms with Crippen LogP contribution in [0.15, 0.2) is 6.20 Å². The summed E-state index contributed by atoms with van der Waals surface area (Å²) in [6, 6.07) is -0.0873. The normalized spacial score (nSPS) is 24.2. The van der Waals surface area contributed by atoms with E-state index in [0.29, 0.717) is 37.4 Å². The number of anilines is 1. The lowest BCUT2D eigenvalue weighted by Crippen LogP contribution is -2.59. The number of carbonyl (C=O) groups is 1. The van der Waals surface area contributed by atoms with Gasteiger partial charge in [0, 0.05) is 43.7 Å². The third kappa shape index (κ3) is 3.84. The molecule has 1 unspecified atom stereocenters. The zero-order valence-corrected chi connectivity index (χ0v) is 14.8. The van der Waals surface area contributed by atoms with Gasteiger partial charge in [0.25, 0.3) is 0 Å². The molecule has 1 spiro atoms. The second-order valence-corrected chi connectivity index (χ2v) is 7.82. The Bertz CT molecular complexity index is 555. The number of amides is 2. The molecule has 7 heteroatoms. The van der Waals surface area contributed by atoms with Crippen molar-refractivity contribution < 1.29 is 14.3 Å². The molecule has 23 heavy (non-hydrogen) atoms. The van der Waals surface area contributed by atoms with E-state index in [0.717, 1.165) is 12.8 Å². The minimum absolute atomic E-state index is 0.0371. The molecule has 0 bridgehead atoms. The van der Waals surface area contributed by atoms with Crippen LogP contribution in [-0.2, 0) is 9.47 Å². The largest absolute Gasteiger partial charge is 0.381 e. The summed E-state index contributed by atoms with van der Waals surface area (Å²) in [5.41, 5.74) is -0.251. The molecule has 0 radical (unpaired) electrons. The van der Waals surface area contributed by atoms with Gasteiger partial charge in [-0.1, -0.05) is 13.8 Å². The Kier molecular flexibility index (Phi) is 4.89.